The van der Waals surface area contributed by atoms with Gasteiger partial charge in [0.1, 0.15) is 18.1 Å². The van der Waals surface area contributed by atoms with Crippen LogP contribution in [0.4, 0.5) is 0 Å². The van der Waals surface area contributed by atoms with Gasteiger partial charge in [0.25, 0.3) is 0 Å². The zero-order chi connectivity index (χ0) is 19.6. The van der Waals surface area contributed by atoms with Gasteiger partial charge in [0.2, 0.25) is 5.91 Å². The van der Waals surface area contributed by atoms with Crippen LogP contribution < -0.4 is 10.6 Å². The van der Waals surface area contributed by atoms with E-state index in [1.807, 2.05) is 44.2 Å². The molecule has 2 rings (SSSR count). The molecule has 7 heteroatoms. The molecule has 2 N–H and O–H groups in total. The van der Waals surface area contributed by atoms with Crippen LogP contribution in [0.15, 0.2) is 56.8 Å². The number of likely N-dealkylation sites (N-methyl/N-ethyl adjacent to an activating group) is 1. The molecular formula is C20H28N4O2S. The van der Waals surface area contributed by atoms with Crippen molar-refractivity contribution >= 4 is 23.6 Å². The molecule has 27 heavy (non-hydrogen) atoms. The van der Waals surface area contributed by atoms with Crippen LogP contribution in [-0.4, -0.2) is 49.7 Å². The third kappa shape index (κ3) is 7.38. The van der Waals surface area contributed by atoms with E-state index >= 15 is 0 Å². The van der Waals surface area contributed by atoms with Crippen LogP contribution in [0.1, 0.15) is 24.5 Å². The number of furan rings is 1. The number of hydrogen-bond acceptors (Lipinski definition) is 4. The maximum atomic E-state index is 11.9. The van der Waals surface area contributed by atoms with Crippen molar-refractivity contribution in [2.75, 3.05) is 32.9 Å². The van der Waals surface area contributed by atoms with E-state index in [9.17, 15) is 4.79 Å². The molecule has 0 saturated carbocycles. The monoisotopic (exact) mass is 388 g/mol. The van der Waals surface area contributed by atoms with Crippen molar-refractivity contribution in [2.24, 2.45) is 4.99 Å². The van der Waals surface area contributed by atoms with Crippen LogP contribution in [-0.2, 0) is 4.79 Å². The summed E-state index contributed by atoms with van der Waals surface area (Å²) in [6.07, 6.45) is 0. The van der Waals surface area contributed by atoms with E-state index < -0.39 is 0 Å². The number of aliphatic imine (C=N–C) groups is 1. The Kier molecular flexibility index (Phi) is 8.26. The molecule has 1 heterocycles. The molecule has 2 aromatic rings. The van der Waals surface area contributed by atoms with Crippen LogP contribution in [0.3, 0.4) is 0 Å². The molecule has 0 radical (unpaired) electrons. The largest absolute Gasteiger partial charge is 0.464 e. The lowest BCUT2D eigenvalue weighted by Gasteiger charge is -2.17. The van der Waals surface area contributed by atoms with Gasteiger partial charge in [-0.3, -0.25) is 4.79 Å². The number of carbonyl (C=O) groups is 1. The number of hydrogen-bond donors (Lipinski definition) is 2. The Morgan fingerprint density at radius 2 is 1.96 bits per heavy atom. The fraction of sp³-hybridized carbons (Fsp3) is 0.400. The first kappa shape index (κ1) is 20.9. The summed E-state index contributed by atoms with van der Waals surface area (Å²) in [5.41, 5.74) is 0. The van der Waals surface area contributed by atoms with Crippen molar-refractivity contribution in [3.05, 3.63) is 54.0 Å². The van der Waals surface area contributed by atoms with Gasteiger partial charge in [0, 0.05) is 31.3 Å². The molecule has 1 aromatic carbocycles. The molecule has 146 valence electrons. The van der Waals surface area contributed by atoms with Crippen molar-refractivity contribution in [2.45, 2.75) is 24.8 Å². The molecule has 0 aliphatic carbocycles. The number of rotatable bonds is 8. The number of carbonyl (C=O) groups excluding carboxylic acids is 1. The van der Waals surface area contributed by atoms with Gasteiger partial charge in [0.15, 0.2) is 5.96 Å². The number of nitrogens with zero attached hydrogens (tertiary/aromatic N) is 2. The molecule has 1 unspecified atom stereocenters. The molecule has 1 amide bonds. The Bertz CT molecular complexity index is 743. The topological polar surface area (TPSA) is 69.9 Å². The van der Waals surface area contributed by atoms with Crippen LogP contribution >= 0.6 is 11.8 Å². The van der Waals surface area contributed by atoms with Crippen molar-refractivity contribution < 1.29 is 9.21 Å². The van der Waals surface area contributed by atoms with Gasteiger partial charge in [-0.05, 0) is 38.1 Å². The van der Waals surface area contributed by atoms with E-state index in [1.54, 1.807) is 25.9 Å². The highest BCUT2D eigenvalue weighted by Crippen LogP contribution is 2.16. The number of benzene rings is 1. The molecule has 0 aliphatic rings. The smallest absolute Gasteiger partial charge is 0.243 e. The number of thioether (sulfide) groups is 1. The highest BCUT2D eigenvalue weighted by Gasteiger charge is 2.12. The minimum atomic E-state index is -0.0545. The molecule has 0 spiro atoms. The maximum absolute atomic E-state index is 11.9. The maximum Gasteiger partial charge on any atom is 0.243 e. The number of guanidine groups is 1. The Morgan fingerprint density at radius 3 is 2.59 bits per heavy atom. The summed E-state index contributed by atoms with van der Waals surface area (Å²) >= 11 is 1.77. The molecule has 6 nitrogen and oxygen atoms in total. The van der Waals surface area contributed by atoms with Gasteiger partial charge >= 0.3 is 0 Å². The van der Waals surface area contributed by atoms with Gasteiger partial charge in [-0.2, -0.15) is 0 Å². The summed E-state index contributed by atoms with van der Waals surface area (Å²) in [5, 5.41) is 6.60. The quantitative estimate of drug-likeness (QED) is 0.315. The molecular weight excluding hydrogens is 360 g/mol. The first-order chi connectivity index (χ1) is 13.0. The first-order valence-electron chi connectivity index (χ1n) is 8.95. The third-order valence-corrected chi connectivity index (χ3v) is 4.83. The number of aryl methyl sites for hydroxylation is 1. The Morgan fingerprint density at radius 1 is 1.22 bits per heavy atom. The van der Waals surface area contributed by atoms with E-state index in [0.717, 1.165) is 23.8 Å². The third-order valence-electron chi connectivity index (χ3n) is 3.82. The van der Waals surface area contributed by atoms with Crippen molar-refractivity contribution in [1.82, 2.24) is 15.5 Å². The van der Waals surface area contributed by atoms with Crippen LogP contribution in [0, 0.1) is 6.92 Å². The molecule has 0 aliphatic heterocycles. The Labute approximate surface area is 165 Å². The average molecular weight is 389 g/mol. The Hall–Kier alpha value is -2.41. The first-order valence-corrected chi connectivity index (χ1v) is 9.93. The minimum absolute atomic E-state index is 0.0451. The van der Waals surface area contributed by atoms with E-state index in [2.05, 4.69) is 27.8 Å². The lowest BCUT2D eigenvalue weighted by molar-refractivity contribution is -0.127. The summed E-state index contributed by atoms with van der Waals surface area (Å²) in [7, 11) is 3.45. The van der Waals surface area contributed by atoms with Crippen molar-refractivity contribution in [3.8, 4) is 0 Å². The van der Waals surface area contributed by atoms with E-state index in [4.69, 9.17) is 4.42 Å². The normalized spacial score (nSPS) is 12.5. The summed E-state index contributed by atoms with van der Waals surface area (Å²) in [5.74, 6) is 3.14. The summed E-state index contributed by atoms with van der Waals surface area (Å²) in [6, 6.07) is 14.1. The highest BCUT2D eigenvalue weighted by atomic mass is 32.2. The van der Waals surface area contributed by atoms with Gasteiger partial charge in [-0.15, -0.1) is 11.8 Å². The van der Waals surface area contributed by atoms with Gasteiger partial charge < -0.3 is 20.0 Å². The predicted octanol–water partition coefficient (Wildman–Crippen LogP) is 3.06. The standard InChI is InChI=1S/C20H28N4O2S/c1-15-10-11-18(26-15)16(2)23-20(22-14-19(25)24(3)4)21-12-13-27-17-8-6-5-7-9-17/h5-11,16H,12-14H2,1-4H3,(H2,21,22,23). The molecule has 1 aromatic heterocycles. The van der Waals surface area contributed by atoms with Crippen molar-refractivity contribution in [3.63, 3.8) is 0 Å². The highest BCUT2D eigenvalue weighted by molar-refractivity contribution is 7.99. The molecule has 0 fully saturated rings. The van der Waals surface area contributed by atoms with Crippen LogP contribution in [0.5, 0.6) is 0 Å². The fourth-order valence-electron chi connectivity index (χ4n) is 2.26. The SMILES string of the molecule is Cc1ccc(C(C)NC(=NCC(=O)N(C)C)NCCSc2ccccc2)o1. The second-order valence-corrected chi connectivity index (χ2v) is 7.52. The minimum Gasteiger partial charge on any atom is -0.464 e. The molecule has 0 saturated heterocycles. The van der Waals surface area contributed by atoms with Gasteiger partial charge in [-0.1, -0.05) is 18.2 Å². The molecule has 1 atom stereocenters. The van der Waals surface area contributed by atoms with Crippen LogP contribution in [0.25, 0.3) is 0 Å². The lowest BCUT2D eigenvalue weighted by atomic mass is 10.2. The number of amides is 1. The predicted molar refractivity (Wildman–Crippen MR) is 111 cm³/mol. The van der Waals surface area contributed by atoms with Gasteiger partial charge in [-0.25, -0.2) is 4.99 Å². The fourth-order valence-corrected chi connectivity index (χ4v) is 3.05. The molecule has 0 bridgehead atoms. The van der Waals surface area contributed by atoms with Gasteiger partial charge in [0.05, 0.1) is 6.04 Å². The number of nitrogens with one attached hydrogen (secondary N) is 2. The average Bonchev–Trinajstić information content (AvgIpc) is 3.10. The van der Waals surface area contributed by atoms with E-state index in [0.29, 0.717) is 5.96 Å². The summed E-state index contributed by atoms with van der Waals surface area (Å²) < 4.78 is 5.67. The zero-order valence-corrected chi connectivity index (χ0v) is 17.2. The second kappa shape index (κ2) is 10.7. The Balaban J connectivity index is 1.92. The summed E-state index contributed by atoms with van der Waals surface area (Å²) in [4.78, 5) is 19.0. The zero-order valence-electron chi connectivity index (χ0n) is 16.4. The van der Waals surface area contributed by atoms with Crippen molar-refractivity contribution in [1.29, 1.82) is 0 Å². The van der Waals surface area contributed by atoms with E-state index in [1.165, 1.54) is 9.80 Å². The summed E-state index contributed by atoms with van der Waals surface area (Å²) in [6.45, 7) is 4.74. The lowest BCUT2D eigenvalue weighted by Crippen LogP contribution is -2.40. The van der Waals surface area contributed by atoms with Crippen LogP contribution in [0.2, 0.25) is 0 Å². The van der Waals surface area contributed by atoms with E-state index in [-0.39, 0.29) is 18.5 Å². The second-order valence-electron chi connectivity index (χ2n) is 6.36.